The minimum atomic E-state index is 0.782. The summed E-state index contributed by atoms with van der Waals surface area (Å²) in [7, 11) is 0. The Kier molecular flexibility index (Phi) is 1.89. The second kappa shape index (κ2) is 3.08. The third-order valence-electron chi connectivity index (χ3n) is 3.11. The zero-order chi connectivity index (χ0) is 8.67. The Balaban J connectivity index is 1.68. The molecule has 0 amide bonds. The number of piperazine rings is 1. The van der Waals surface area contributed by atoms with Gasteiger partial charge in [0.2, 0.25) is 0 Å². The van der Waals surface area contributed by atoms with E-state index in [0.717, 1.165) is 12.1 Å². The van der Waals surface area contributed by atoms with Crippen molar-refractivity contribution in [2.24, 2.45) is 0 Å². The molecule has 2 aliphatic rings. The van der Waals surface area contributed by atoms with Crippen LogP contribution in [-0.2, 0) is 6.54 Å². The smallest absolute Gasteiger partial charge is 0.0332 e. The van der Waals surface area contributed by atoms with Gasteiger partial charge in [0.25, 0.3) is 0 Å². The predicted molar refractivity (Wildman–Crippen MR) is 54.9 cm³/mol. The molecule has 3 heterocycles. The van der Waals surface area contributed by atoms with Gasteiger partial charge in [-0.3, -0.25) is 4.90 Å². The molecule has 2 nitrogen and oxygen atoms in total. The molecule has 0 aromatic carbocycles. The molecule has 1 N–H and O–H groups in total. The molecule has 0 radical (unpaired) electrons. The number of likely N-dealkylation sites (tertiary alicyclic amines) is 1. The Labute approximate surface area is 82.6 Å². The van der Waals surface area contributed by atoms with Crippen molar-refractivity contribution in [1.82, 2.24) is 10.2 Å². The monoisotopic (exact) mass is 194 g/mol. The number of hydrogen-bond donors (Lipinski definition) is 1. The molecule has 2 aliphatic heterocycles. The van der Waals surface area contributed by atoms with Gasteiger partial charge >= 0.3 is 0 Å². The summed E-state index contributed by atoms with van der Waals surface area (Å²) in [6.45, 7) is 3.62. The van der Waals surface area contributed by atoms with Crippen molar-refractivity contribution >= 4 is 11.3 Å². The first kappa shape index (κ1) is 7.97. The normalized spacial score (nSPS) is 32.9. The van der Waals surface area contributed by atoms with Gasteiger partial charge in [0.1, 0.15) is 0 Å². The summed E-state index contributed by atoms with van der Waals surface area (Å²) >= 11 is 1.88. The fourth-order valence-electron chi connectivity index (χ4n) is 2.44. The lowest BCUT2D eigenvalue weighted by Crippen LogP contribution is -2.42. The van der Waals surface area contributed by atoms with Crippen molar-refractivity contribution in [3.05, 3.63) is 22.4 Å². The summed E-state index contributed by atoms with van der Waals surface area (Å²) in [5, 5.41) is 5.70. The number of rotatable bonds is 2. The molecular weight excluding hydrogens is 180 g/mol. The number of hydrogen-bond acceptors (Lipinski definition) is 3. The summed E-state index contributed by atoms with van der Waals surface area (Å²) in [6, 6.07) is 5.98. The lowest BCUT2D eigenvalue weighted by molar-refractivity contribution is 0.219. The highest BCUT2D eigenvalue weighted by Crippen LogP contribution is 2.25. The van der Waals surface area contributed by atoms with E-state index in [2.05, 4.69) is 27.7 Å². The quantitative estimate of drug-likeness (QED) is 0.763. The lowest BCUT2D eigenvalue weighted by Gasteiger charge is -2.26. The molecule has 2 bridgehead atoms. The largest absolute Gasteiger partial charge is 0.311 e. The van der Waals surface area contributed by atoms with Crippen molar-refractivity contribution in [3.63, 3.8) is 0 Å². The fraction of sp³-hybridized carbons (Fsp3) is 0.600. The predicted octanol–water partition coefficient (Wildman–Crippen LogP) is 1.29. The number of nitrogens with one attached hydrogen (secondary N) is 1. The van der Waals surface area contributed by atoms with Crippen LogP contribution in [-0.4, -0.2) is 30.1 Å². The Morgan fingerprint density at radius 1 is 1.62 bits per heavy atom. The SMILES string of the molecule is c1csc(CN2CC3CC2CN3)c1. The molecule has 2 saturated heterocycles. The van der Waals surface area contributed by atoms with Crippen LogP contribution < -0.4 is 5.32 Å². The first-order chi connectivity index (χ1) is 6.42. The van der Waals surface area contributed by atoms with Crippen molar-refractivity contribution in [3.8, 4) is 0 Å². The van der Waals surface area contributed by atoms with Gasteiger partial charge in [0.15, 0.2) is 0 Å². The molecule has 0 saturated carbocycles. The molecule has 2 unspecified atom stereocenters. The molecule has 0 spiro atoms. The average Bonchev–Trinajstić information content (AvgIpc) is 2.77. The van der Waals surface area contributed by atoms with E-state index in [1.54, 1.807) is 0 Å². The van der Waals surface area contributed by atoms with Crippen LogP contribution in [0.25, 0.3) is 0 Å². The van der Waals surface area contributed by atoms with E-state index in [1.807, 2.05) is 11.3 Å². The maximum absolute atomic E-state index is 3.53. The van der Waals surface area contributed by atoms with Crippen LogP contribution in [0.4, 0.5) is 0 Å². The molecule has 0 aliphatic carbocycles. The van der Waals surface area contributed by atoms with Crippen molar-refractivity contribution in [2.75, 3.05) is 13.1 Å². The zero-order valence-corrected chi connectivity index (χ0v) is 8.39. The van der Waals surface area contributed by atoms with Crippen LogP contribution in [0, 0.1) is 0 Å². The van der Waals surface area contributed by atoms with Crippen LogP contribution in [0.5, 0.6) is 0 Å². The Bertz CT molecular complexity index is 283. The molecular formula is C10H14N2S. The summed E-state index contributed by atoms with van der Waals surface area (Å²) < 4.78 is 0. The van der Waals surface area contributed by atoms with Crippen molar-refractivity contribution in [2.45, 2.75) is 25.0 Å². The standard InChI is InChI=1S/C10H14N2S/c1-2-10(13-3-1)7-12-6-8-4-9(12)5-11-8/h1-3,8-9,11H,4-7H2. The van der Waals surface area contributed by atoms with Crippen molar-refractivity contribution < 1.29 is 0 Å². The van der Waals surface area contributed by atoms with E-state index in [1.165, 1.54) is 30.9 Å². The zero-order valence-electron chi connectivity index (χ0n) is 7.57. The molecule has 2 fully saturated rings. The Morgan fingerprint density at radius 3 is 3.23 bits per heavy atom. The van der Waals surface area contributed by atoms with E-state index in [0.29, 0.717) is 0 Å². The van der Waals surface area contributed by atoms with Gasteiger partial charge in [-0.2, -0.15) is 0 Å². The molecule has 13 heavy (non-hydrogen) atoms. The number of thiophene rings is 1. The van der Waals surface area contributed by atoms with E-state index < -0.39 is 0 Å². The molecule has 2 atom stereocenters. The van der Waals surface area contributed by atoms with Gasteiger partial charge in [-0.25, -0.2) is 0 Å². The highest BCUT2D eigenvalue weighted by atomic mass is 32.1. The van der Waals surface area contributed by atoms with Gasteiger partial charge < -0.3 is 5.32 Å². The van der Waals surface area contributed by atoms with Gasteiger partial charge in [-0.1, -0.05) is 6.07 Å². The van der Waals surface area contributed by atoms with Gasteiger partial charge in [-0.15, -0.1) is 11.3 Å². The molecule has 1 aromatic heterocycles. The van der Waals surface area contributed by atoms with E-state index in [9.17, 15) is 0 Å². The lowest BCUT2D eigenvalue weighted by atomic mass is 10.2. The summed E-state index contributed by atoms with van der Waals surface area (Å²) in [5.74, 6) is 0. The van der Waals surface area contributed by atoms with Crippen LogP contribution in [0.2, 0.25) is 0 Å². The van der Waals surface area contributed by atoms with Crippen LogP contribution in [0.3, 0.4) is 0 Å². The highest BCUT2D eigenvalue weighted by Gasteiger charge is 2.37. The van der Waals surface area contributed by atoms with E-state index in [-0.39, 0.29) is 0 Å². The minimum Gasteiger partial charge on any atom is -0.311 e. The summed E-state index contributed by atoms with van der Waals surface area (Å²) in [6.07, 6.45) is 1.37. The summed E-state index contributed by atoms with van der Waals surface area (Å²) in [5.41, 5.74) is 0. The van der Waals surface area contributed by atoms with Crippen LogP contribution >= 0.6 is 11.3 Å². The topological polar surface area (TPSA) is 15.3 Å². The van der Waals surface area contributed by atoms with E-state index >= 15 is 0 Å². The minimum absolute atomic E-state index is 0.782. The second-order valence-electron chi connectivity index (χ2n) is 4.00. The van der Waals surface area contributed by atoms with Crippen LogP contribution in [0.15, 0.2) is 17.5 Å². The number of nitrogens with zero attached hydrogens (tertiary/aromatic N) is 1. The van der Waals surface area contributed by atoms with Gasteiger partial charge in [0.05, 0.1) is 0 Å². The highest BCUT2D eigenvalue weighted by molar-refractivity contribution is 7.09. The summed E-state index contributed by atoms with van der Waals surface area (Å²) in [4.78, 5) is 4.13. The molecule has 3 rings (SSSR count). The van der Waals surface area contributed by atoms with Crippen LogP contribution in [0.1, 0.15) is 11.3 Å². The fourth-order valence-corrected chi connectivity index (χ4v) is 3.17. The first-order valence-electron chi connectivity index (χ1n) is 4.91. The average molecular weight is 194 g/mol. The van der Waals surface area contributed by atoms with Gasteiger partial charge in [0, 0.05) is 36.6 Å². The Morgan fingerprint density at radius 2 is 2.62 bits per heavy atom. The Hall–Kier alpha value is -0.380. The second-order valence-corrected chi connectivity index (χ2v) is 5.04. The maximum Gasteiger partial charge on any atom is 0.0332 e. The first-order valence-corrected chi connectivity index (χ1v) is 5.79. The van der Waals surface area contributed by atoms with E-state index in [4.69, 9.17) is 0 Å². The number of fused-ring (bicyclic) bond motifs is 2. The molecule has 3 heteroatoms. The third-order valence-corrected chi connectivity index (χ3v) is 3.97. The third kappa shape index (κ3) is 1.41. The van der Waals surface area contributed by atoms with Gasteiger partial charge in [-0.05, 0) is 17.9 Å². The molecule has 1 aromatic rings. The molecule has 70 valence electrons. The maximum atomic E-state index is 3.53. The van der Waals surface area contributed by atoms with Crippen molar-refractivity contribution in [1.29, 1.82) is 0 Å².